The molecule has 2 aliphatic heterocycles. The van der Waals surface area contributed by atoms with Crippen LogP contribution in [-0.4, -0.2) is 33.8 Å². The zero-order valence-corrected chi connectivity index (χ0v) is 14.9. The van der Waals surface area contributed by atoms with Crippen molar-refractivity contribution in [1.82, 2.24) is 4.90 Å². The first kappa shape index (κ1) is 18.1. The van der Waals surface area contributed by atoms with Crippen LogP contribution in [0, 0.1) is 11.6 Å². The third kappa shape index (κ3) is 3.50. The molecule has 1 N–H and O–H groups in total. The van der Waals surface area contributed by atoms with E-state index < -0.39 is 28.9 Å². The maximum atomic E-state index is 14.2. The van der Waals surface area contributed by atoms with Gasteiger partial charge in [-0.25, -0.2) is 13.6 Å². The molecular weight excluding hydrogens is 328 g/mol. The summed E-state index contributed by atoms with van der Waals surface area (Å²) in [5.41, 5.74) is -2.10. The topological polar surface area (TPSA) is 49.8 Å². The van der Waals surface area contributed by atoms with Crippen molar-refractivity contribution in [3.05, 3.63) is 35.4 Å². The molecule has 138 valence electrons. The van der Waals surface area contributed by atoms with Gasteiger partial charge in [0, 0.05) is 30.5 Å². The lowest BCUT2D eigenvalue weighted by molar-refractivity contribution is -0.0980. The van der Waals surface area contributed by atoms with Gasteiger partial charge in [-0.2, -0.15) is 0 Å². The number of carbonyl (C=O) groups excluding carboxylic acids is 1. The van der Waals surface area contributed by atoms with Crippen molar-refractivity contribution in [1.29, 1.82) is 0 Å². The number of hydrogen-bond donors (Lipinski definition) is 1. The standard InChI is InChI=1S/C19H25F2NO3/c1-18(2,3)25-17(23)22-12-6-4-7-13(22)11-19(24,10-12)14-8-5-9-15(20)16(14)21/h5,8-9,12-13,24H,4,6-7,10-11H2,1-3H3. The number of fused-ring (bicyclic) bond motifs is 2. The molecule has 2 atom stereocenters. The minimum atomic E-state index is -1.47. The highest BCUT2D eigenvalue weighted by atomic mass is 19.2. The molecule has 0 spiro atoms. The number of piperidine rings is 2. The normalized spacial score (nSPS) is 29.4. The molecule has 0 aromatic heterocycles. The molecule has 2 saturated heterocycles. The summed E-state index contributed by atoms with van der Waals surface area (Å²) in [6.45, 7) is 5.43. The van der Waals surface area contributed by atoms with Crippen LogP contribution in [0.2, 0.25) is 0 Å². The predicted molar refractivity (Wildman–Crippen MR) is 89.0 cm³/mol. The number of rotatable bonds is 1. The summed E-state index contributed by atoms with van der Waals surface area (Å²) in [6.07, 6.45) is 2.34. The van der Waals surface area contributed by atoms with Gasteiger partial charge in [-0.1, -0.05) is 12.1 Å². The molecule has 3 rings (SSSR count). The molecule has 4 nitrogen and oxygen atoms in total. The average Bonchev–Trinajstić information content (AvgIpc) is 2.47. The second-order valence-electron chi connectivity index (χ2n) is 8.17. The summed E-state index contributed by atoms with van der Waals surface area (Å²) in [6, 6.07) is 3.39. The van der Waals surface area contributed by atoms with E-state index in [-0.39, 0.29) is 30.5 Å². The van der Waals surface area contributed by atoms with Crippen LogP contribution in [0.3, 0.4) is 0 Å². The molecule has 2 fully saturated rings. The zero-order chi connectivity index (χ0) is 18.4. The minimum absolute atomic E-state index is 0.0201. The van der Waals surface area contributed by atoms with Crippen LogP contribution in [0.4, 0.5) is 13.6 Å². The summed E-state index contributed by atoms with van der Waals surface area (Å²) in [5, 5.41) is 11.1. The number of amides is 1. The molecule has 1 aromatic rings. The fourth-order valence-corrected chi connectivity index (χ4v) is 4.13. The van der Waals surface area contributed by atoms with Gasteiger partial charge in [0.15, 0.2) is 11.6 Å². The Labute approximate surface area is 146 Å². The number of benzene rings is 1. The Kier molecular flexibility index (Phi) is 4.52. The first-order valence-corrected chi connectivity index (χ1v) is 8.79. The molecule has 6 heteroatoms. The van der Waals surface area contributed by atoms with Crippen LogP contribution in [0.25, 0.3) is 0 Å². The lowest BCUT2D eigenvalue weighted by atomic mass is 9.72. The first-order chi connectivity index (χ1) is 11.6. The van der Waals surface area contributed by atoms with Crippen molar-refractivity contribution in [2.24, 2.45) is 0 Å². The Morgan fingerprint density at radius 3 is 2.40 bits per heavy atom. The van der Waals surface area contributed by atoms with Gasteiger partial charge < -0.3 is 14.7 Å². The summed E-state index contributed by atoms with van der Waals surface area (Å²) in [4.78, 5) is 14.3. The van der Waals surface area contributed by atoms with Gasteiger partial charge >= 0.3 is 6.09 Å². The molecule has 1 amide bonds. The third-order valence-electron chi connectivity index (χ3n) is 5.07. The molecule has 2 aliphatic rings. The van der Waals surface area contributed by atoms with Crippen molar-refractivity contribution >= 4 is 6.09 Å². The third-order valence-corrected chi connectivity index (χ3v) is 5.07. The highest BCUT2D eigenvalue weighted by Crippen LogP contribution is 2.45. The Hall–Kier alpha value is -1.69. The molecule has 25 heavy (non-hydrogen) atoms. The lowest BCUT2D eigenvalue weighted by Crippen LogP contribution is -2.59. The molecule has 1 aromatic carbocycles. The summed E-state index contributed by atoms with van der Waals surface area (Å²) >= 11 is 0. The van der Waals surface area contributed by atoms with Crippen molar-refractivity contribution < 1.29 is 23.4 Å². The summed E-state index contributed by atoms with van der Waals surface area (Å²) in [7, 11) is 0. The largest absolute Gasteiger partial charge is 0.444 e. The number of ether oxygens (including phenoxy) is 1. The van der Waals surface area contributed by atoms with Gasteiger partial charge in [-0.3, -0.25) is 0 Å². The minimum Gasteiger partial charge on any atom is -0.444 e. The van der Waals surface area contributed by atoms with E-state index in [4.69, 9.17) is 4.74 Å². The maximum Gasteiger partial charge on any atom is 0.410 e. The molecule has 2 bridgehead atoms. The second-order valence-corrected chi connectivity index (χ2v) is 8.17. The highest BCUT2D eigenvalue weighted by Gasteiger charge is 2.50. The smallest absolute Gasteiger partial charge is 0.410 e. The quantitative estimate of drug-likeness (QED) is 0.827. The number of carbonyl (C=O) groups is 1. The molecule has 0 aliphatic carbocycles. The molecule has 0 saturated carbocycles. The van der Waals surface area contributed by atoms with Gasteiger partial charge in [0.05, 0.1) is 5.60 Å². The van der Waals surface area contributed by atoms with Gasteiger partial charge in [-0.15, -0.1) is 0 Å². The SMILES string of the molecule is CC(C)(C)OC(=O)N1C2CCCC1CC(O)(c1cccc(F)c1F)C2. The van der Waals surface area contributed by atoms with E-state index >= 15 is 0 Å². The van der Waals surface area contributed by atoms with Crippen molar-refractivity contribution in [3.8, 4) is 0 Å². The monoisotopic (exact) mass is 353 g/mol. The van der Waals surface area contributed by atoms with Gasteiger partial charge in [-0.05, 0) is 46.1 Å². The Bertz CT molecular complexity index is 657. The van der Waals surface area contributed by atoms with E-state index in [0.717, 1.165) is 25.3 Å². The van der Waals surface area contributed by atoms with E-state index in [2.05, 4.69) is 0 Å². The fraction of sp³-hybridized carbons (Fsp3) is 0.632. The predicted octanol–water partition coefficient (Wildman–Crippen LogP) is 4.10. The van der Waals surface area contributed by atoms with Gasteiger partial charge in [0.25, 0.3) is 0 Å². The number of hydrogen-bond acceptors (Lipinski definition) is 3. The number of halogens is 2. The van der Waals surface area contributed by atoms with Crippen LogP contribution in [0.1, 0.15) is 58.4 Å². The second kappa shape index (κ2) is 6.24. The maximum absolute atomic E-state index is 14.2. The molecule has 2 unspecified atom stereocenters. The Morgan fingerprint density at radius 1 is 1.24 bits per heavy atom. The van der Waals surface area contributed by atoms with Crippen molar-refractivity contribution in [3.63, 3.8) is 0 Å². The zero-order valence-electron chi connectivity index (χ0n) is 14.9. The van der Waals surface area contributed by atoms with Gasteiger partial charge in [0.2, 0.25) is 0 Å². The Balaban J connectivity index is 1.88. The van der Waals surface area contributed by atoms with Crippen LogP contribution < -0.4 is 0 Å². The highest BCUT2D eigenvalue weighted by molar-refractivity contribution is 5.69. The van der Waals surface area contributed by atoms with Crippen LogP contribution >= 0.6 is 0 Å². The van der Waals surface area contributed by atoms with E-state index in [9.17, 15) is 18.7 Å². The molecule has 0 radical (unpaired) electrons. The van der Waals surface area contributed by atoms with E-state index in [1.165, 1.54) is 12.1 Å². The van der Waals surface area contributed by atoms with Crippen molar-refractivity contribution in [2.45, 2.75) is 76.2 Å². The van der Waals surface area contributed by atoms with Crippen LogP contribution in [-0.2, 0) is 10.3 Å². The number of nitrogens with zero attached hydrogens (tertiary/aromatic N) is 1. The fourth-order valence-electron chi connectivity index (χ4n) is 4.13. The Morgan fingerprint density at radius 2 is 1.84 bits per heavy atom. The van der Waals surface area contributed by atoms with Crippen LogP contribution in [0.5, 0.6) is 0 Å². The average molecular weight is 353 g/mol. The first-order valence-electron chi connectivity index (χ1n) is 8.79. The van der Waals surface area contributed by atoms with E-state index in [0.29, 0.717) is 0 Å². The summed E-state index contributed by atoms with van der Waals surface area (Å²) < 4.78 is 33.4. The van der Waals surface area contributed by atoms with Gasteiger partial charge in [0.1, 0.15) is 5.60 Å². The van der Waals surface area contributed by atoms with Crippen molar-refractivity contribution in [2.75, 3.05) is 0 Å². The lowest BCUT2D eigenvalue weighted by Gasteiger charge is -2.51. The summed E-state index contributed by atoms with van der Waals surface area (Å²) in [5.74, 6) is -1.97. The van der Waals surface area contributed by atoms with E-state index in [1.54, 1.807) is 4.90 Å². The molecule has 2 heterocycles. The number of aliphatic hydroxyl groups is 1. The molecular formula is C19H25F2NO3. The van der Waals surface area contributed by atoms with E-state index in [1.807, 2.05) is 20.8 Å². The van der Waals surface area contributed by atoms with Crippen LogP contribution in [0.15, 0.2) is 18.2 Å².